The zero-order valence-electron chi connectivity index (χ0n) is 12.3. The summed E-state index contributed by atoms with van der Waals surface area (Å²) in [6, 6.07) is 3.70. The van der Waals surface area contributed by atoms with E-state index in [2.05, 4.69) is 16.5 Å². The molecule has 3 nitrogen and oxygen atoms in total. The van der Waals surface area contributed by atoms with E-state index in [0.29, 0.717) is 21.5 Å². The van der Waals surface area contributed by atoms with E-state index in [9.17, 15) is 4.39 Å². The van der Waals surface area contributed by atoms with Gasteiger partial charge in [0.15, 0.2) is 0 Å². The predicted octanol–water partition coefficient (Wildman–Crippen LogP) is 4.89. The van der Waals surface area contributed by atoms with Crippen molar-refractivity contribution in [2.75, 3.05) is 5.73 Å². The van der Waals surface area contributed by atoms with Crippen molar-refractivity contribution in [1.29, 1.82) is 0 Å². The third-order valence-corrected chi connectivity index (χ3v) is 5.53. The standard InChI is InChI=1S/C16H21FIN3/c1-2-14(10-6-4-3-5-7-10)21-15-8-11(17)12(18)9-13(15)20-16(21)19/h8-10,14H,2-7H2,1H3,(H2,19,20). The average Bonchev–Trinajstić information content (AvgIpc) is 2.78. The number of fused-ring (bicyclic) bond motifs is 1. The summed E-state index contributed by atoms with van der Waals surface area (Å²) < 4.78 is 16.6. The molecule has 2 aromatic rings. The van der Waals surface area contributed by atoms with E-state index < -0.39 is 0 Å². The Labute approximate surface area is 138 Å². The molecule has 1 aromatic carbocycles. The lowest BCUT2D eigenvalue weighted by molar-refractivity contribution is 0.249. The normalized spacial score (nSPS) is 18.2. The van der Waals surface area contributed by atoms with Crippen LogP contribution in [-0.4, -0.2) is 9.55 Å². The van der Waals surface area contributed by atoms with Crippen LogP contribution in [0.25, 0.3) is 11.0 Å². The molecular formula is C16H21FIN3. The van der Waals surface area contributed by atoms with E-state index in [1.54, 1.807) is 12.1 Å². The Morgan fingerprint density at radius 1 is 1.38 bits per heavy atom. The number of imidazole rings is 1. The van der Waals surface area contributed by atoms with Crippen molar-refractivity contribution >= 4 is 39.6 Å². The number of halogens is 2. The molecule has 0 radical (unpaired) electrons. The van der Waals surface area contributed by atoms with Crippen LogP contribution in [0.15, 0.2) is 12.1 Å². The van der Waals surface area contributed by atoms with Gasteiger partial charge in [-0.15, -0.1) is 0 Å². The number of benzene rings is 1. The van der Waals surface area contributed by atoms with Crippen LogP contribution in [0.3, 0.4) is 0 Å². The summed E-state index contributed by atoms with van der Waals surface area (Å²) in [6.07, 6.45) is 7.41. The fourth-order valence-electron chi connectivity index (χ4n) is 3.70. The molecule has 1 atom stereocenters. The maximum absolute atomic E-state index is 14.0. The smallest absolute Gasteiger partial charge is 0.201 e. The largest absolute Gasteiger partial charge is 0.369 e. The van der Waals surface area contributed by atoms with Gasteiger partial charge in [-0.25, -0.2) is 9.37 Å². The third-order valence-electron chi connectivity index (χ3n) is 4.70. The van der Waals surface area contributed by atoms with Crippen LogP contribution in [0.4, 0.5) is 10.3 Å². The van der Waals surface area contributed by atoms with Gasteiger partial charge in [0.1, 0.15) is 5.82 Å². The van der Waals surface area contributed by atoms with Crippen molar-refractivity contribution in [2.45, 2.75) is 51.5 Å². The molecule has 3 rings (SSSR count). The van der Waals surface area contributed by atoms with Gasteiger partial charge in [0, 0.05) is 12.1 Å². The van der Waals surface area contributed by atoms with E-state index >= 15 is 0 Å². The molecule has 0 aliphatic heterocycles. The molecule has 0 bridgehead atoms. The molecule has 1 aliphatic rings. The van der Waals surface area contributed by atoms with Gasteiger partial charge in [-0.05, 0) is 53.8 Å². The average molecular weight is 401 g/mol. The summed E-state index contributed by atoms with van der Waals surface area (Å²) in [5, 5.41) is 0. The van der Waals surface area contributed by atoms with Crippen LogP contribution in [-0.2, 0) is 0 Å². The number of rotatable bonds is 3. The van der Waals surface area contributed by atoms with Crippen molar-refractivity contribution in [3.05, 3.63) is 21.5 Å². The molecule has 1 aromatic heterocycles. The fourth-order valence-corrected chi connectivity index (χ4v) is 4.15. The fraction of sp³-hybridized carbons (Fsp3) is 0.562. The zero-order valence-corrected chi connectivity index (χ0v) is 14.4. The lowest BCUT2D eigenvalue weighted by atomic mass is 9.82. The maximum atomic E-state index is 14.0. The van der Waals surface area contributed by atoms with Gasteiger partial charge in [0.2, 0.25) is 5.95 Å². The first-order valence-electron chi connectivity index (χ1n) is 7.74. The predicted molar refractivity (Wildman–Crippen MR) is 92.7 cm³/mol. The monoisotopic (exact) mass is 401 g/mol. The first-order chi connectivity index (χ1) is 10.1. The Balaban J connectivity index is 2.08. The second kappa shape index (κ2) is 6.10. The summed E-state index contributed by atoms with van der Waals surface area (Å²) in [5.41, 5.74) is 7.80. The number of anilines is 1. The van der Waals surface area contributed by atoms with Gasteiger partial charge in [-0.1, -0.05) is 26.2 Å². The SMILES string of the molecule is CCC(C1CCCCC1)n1c(N)nc2cc(I)c(F)cc21. The Bertz CT molecular complexity index is 646. The van der Waals surface area contributed by atoms with Crippen LogP contribution in [0.1, 0.15) is 51.5 Å². The number of hydrogen-bond acceptors (Lipinski definition) is 2. The summed E-state index contributed by atoms with van der Waals surface area (Å²) >= 11 is 2.00. The van der Waals surface area contributed by atoms with Crippen LogP contribution in [0.5, 0.6) is 0 Å². The van der Waals surface area contributed by atoms with Gasteiger partial charge in [0.05, 0.1) is 14.6 Å². The van der Waals surface area contributed by atoms with Gasteiger partial charge in [-0.2, -0.15) is 0 Å². The number of hydrogen-bond donors (Lipinski definition) is 1. The summed E-state index contributed by atoms with van der Waals surface area (Å²) in [5.74, 6) is 0.956. The Kier molecular flexibility index (Phi) is 4.38. The highest BCUT2D eigenvalue weighted by Crippen LogP contribution is 2.38. The summed E-state index contributed by atoms with van der Waals surface area (Å²) in [6.45, 7) is 2.19. The molecule has 0 spiro atoms. The minimum atomic E-state index is -0.192. The molecule has 1 heterocycles. The first-order valence-corrected chi connectivity index (χ1v) is 8.82. The van der Waals surface area contributed by atoms with Gasteiger partial charge in [0.25, 0.3) is 0 Å². The highest BCUT2D eigenvalue weighted by atomic mass is 127. The van der Waals surface area contributed by atoms with Crippen molar-refractivity contribution in [2.24, 2.45) is 5.92 Å². The molecule has 114 valence electrons. The third kappa shape index (κ3) is 2.76. The second-order valence-electron chi connectivity index (χ2n) is 5.97. The Morgan fingerprint density at radius 2 is 2.10 bits per heavy atom. The number of nitrogens with two attached hydrogens (primary N) is 1. The molecule has 5 heteroatoms. The first kappa shape index (κ1) is 15.1. The topological polar surface area (TPSA) is 43.8 Å². The van der Waals surface area contributed by atoms with Crippen LogP contribution >= 0.6 is 22.6 Å². The van der Waals surface area contributed by atoms with E-state index in [-0.39, 0.29) is 5.82 Å². The minimum absolute atomic E-state index is 0.192. The van der Waals surface area contributed by atoms with Crippen molar-refractivity contribution < 1.29 is 4.39 Å². The van der Waals surface area contributed by atoms with E-state index in [1.165, 1.54) is 32.1 Å². The minimum Gasteiger partial charge on any atom is -0.369 e. The van der Waals surface area contributed by atoms with E-state index in [4.69, 9.17) is 5.73 Å². The number of nitrogens with zero attached hydrogens (tertiary/aromatic N) is 2. The Morgan fingerprint density at radius 3 is 2.76 bits per heavy atom. The molecule has 2 N–H and O–H groups in total. The molecule has 1 saturated carbocycles. The van der Waals surface area contributed by atoms with Gasteiger partial charge in [-0.3, -0.25) is 0 Å². The highest BCUT2D eigenvalue weighted by molar-refractivity contribution is 14.1. The molecule has 0 saturated heterocycles. The highest BCUT2D eigenvalue weighted by Gasteiger charge is 2.27. The molecule has 1 aliphatic carbocycles. The van der Waals surface area contributed by atoms with Crippen molar-refractivity contribution in [1.82, 2.24) is 9.55 Å². The van der Waals surface area contributed by atoms with Crippen LogP contribution in [0.2, 0.25) is 0 Å². The van der Waals surface area contributed by atoms with Gasteiger partial charge < -0.3 is 10.3 Å². The lowest BCUT2D eigenvalue weighted by Gasteiger charge is -2.31. The zero-order chi connectivity index (χ0) is 15.0. The summed E-state index contributed by atoms with van der Waals surface area (Å²) in [7, 11) is 0. The number of aromatic nitrogens is 2. The van der Waals surface area contributed by atoms with E-state index in [0.717, 1.165) is 17.5 Å². The number of nitrogen functional groups attached to an aromatic ring is 1. The second-order valence-corrected chi connectivity index (χ2v) is 7.13. The van der Waals surface area contributed by atoms with E-state index in [1.807, 2.05) is 22.6 Å². The van der Waals surface area contributed by atoms with Crippen LogP contribution < -0.4 is 5.73 Å². The molecule has 1 fully saturated rings. The van der Waals surface area contributed by atoms with Crippen molar-refractivity contribution in [3.63, 3.8) is 0 Å². The lowest BCUT2D eigenvalue weighted by Crippen LogP contribution is -2.22. The summed E-state index contributed by atoms with van der Waals surface area (Å²) in [4.78, 5) is 4.45. The van der Waals surface area contributed by atoms with Gasteiger partial charge >= 0.3 is 0 Å². The molecule has 1 unspecified atom stereocenters. The van der Waals surface area contributed by atoms with Crippen LogP contribution in [0, 0.1) is 15.3 Å². The molecule has 0 amide bonds. The van der Waals surface area contributed by atoms with Crippen molar-refractivity contribution in [3.8, 4) is 0 Å². The molecular weight excluding hydrogens is 380 g/mol. The maximum Gasteiger partial charge on any atom is 0.201 e. The Hall–Kier alpha value is -0.850. The molecule has 21 heavy (non-hydrogen) atoms. The quantitative estimate of drug-likeness (QED) is 0.744.